The van der Waals surface area contributed by atoms with E-state index < -0.39 is 0 Å². The number of aryl methyl sites for hydroxylation is 2. The van der Waals surface area contributed by atoms with Gasteiger partial charge in [0.2, 0.25) is 0 Å². The molecular weight excluding hydrogens is 449 g/mol. The van der Waals surface area contributed by atoms with Crippen LogP contribution in [0.3, 0.4) is 0 Å². The monoisotopic (exact) mass is 469 g/mol. The Bertz CT molecular complexity index is 1230. The van der Waals surface area contributed by atoms with E-state index in [0.29, 0.717) is 25.8 Å². The average Bonchev–Trinajstić information content (AvgIpc) is 3.23. The van der Waals surface area contributed by atoms with E-state index in [-0.39, 0.29) is 5.91 Å². The number of hydrogen-bond donors (Lipinski definition) is 1. The van der Waals surface area contributed by atoms with Crippen molar-refractivity contribution >= 4 is 57.8 Å². The maximum absolute atomic E-state index is 12.5. The summed E-state index contributed by atoms with van der Waals surface area (Å²) in [6, 6.07) is 15.8. The van der Waals surface area contributed by atoms with E-state index in [9.17, 15) is 4.79 Å². The van der Waals surface area contributed by atoms with Gasteiger partial charge in [-0.3, -0.25) is 4.79 Å². The number of thioether (sulfide) groups is 1. The van der Waals surface area contributed by atoms with Crippen molar-refractivity contribution in [1.82, 2.24) is 9.88 Å². The highest BCUT2D eigenvalue weighted by molar-refractivity contribution is 8.18. The number of aliphatic imine (C=N–C) groups is 1. The summed E-state index contributed by atoms with van der Waals surface area (Å²) >= 11 is 13.3. The lowest BCUT2D eigenvalue weighted by atomic mass is 10.1. The Kier molecular flexibility index (Phi) is 6.28. The first kappa shape index (κ1) is 21.8. The van der Waals surface area contributed by atoms with E-state index in [1.54, 1.807) is 18.2 Å². The van der Waals surface area contributed by atoms with Gasteiger partial charge in [-0.1, -0.05) is 42.3 Å². The Morgan fingerprint density at radius 1 is 1.06 bits per heavy atom. The maximum Gasteiger partial charge on any atom is 0.264 e. The van der Waals surface area contributed by atoms with Gasteiger partial charge in [0.1, 0.15) is 0 Å². The predicted molar refractivity (Wildman–Crippen MR) is 132 cm³/mol. The summed E-state index contributed by atoms with van der Waals surface area (Å²) in [5.41, 5.74) is 6.25. The number of aromatic nitrogens is 1. The van der Waals surface area contributed by atoms with E-state index in [1.165, 1.54) is 17.3 Å². The molecule has 0 spiro atoms. The maximum atomic E-state index is 12.5. The predicted octanol–water partition coefficient (Wildman–Crippen LogP) is 6.85. The Morgan fingerprint density at radius 3 is 2.48 bits per heavy atom. The van der Waals surface area contributed by atoms with Gasteiger partial charge < -0.3 is 9.88 Å². The summed E-state index contributed by atoms with van der Waals surface area (Å²) in [5, 5.41) is 4.22. The van der Waals surface area contributed by atoms with Crippen LogP contribution in [0.1, 0.15) is 29.4 Å². The average molecular weight is 470 g/mol. The van der Waals surface area contributed by atoms with Crippen LogP contribution in [0.2, 0.25) is 10.0 Å². The number of carbonyl (C=O) groups excluding carboxylic acids is 1. The lowest BCUT2D eigenvalue weighted by Crippen LogP contribution is -2.19. The third-order valence-corrected chi connectivity index (χ3v) is 6.79. The van der Waals surface area contributed by atoms with Gasteiger partial charge in [-0.2, -0.15) is 0 Å². The van der Waals surface area contributed by atoms with Gasteiger partial charge in [-0.25, -0.2) is 4.99 Å². The van der Waals surface area contributed by atoms with Crippen molar-refractivity contribution < 1.29 is 4.79 Å². The van der Waals surface area contributed by atoms with E-state index in [4.69, 9.17) is 23.2 Å². The topological polar surface area (TPSA) is 46.4 Å². The SMILES string of the molecule is CCc1ccc(-n2c(C)cc(/C=C3\SC(=Nc4ccc(Cl)c(Cl)c4)NC3=O)c2C)cc1. The number of amidine groups is 1. The first-order valence-corrected chi connectivity index (χ1v) is 11.5. The fraction of sp³-hybridized carbons (Fsp3) is 0.167. The van der Waals surface area contributed by atoms with Crippen LogP contribution in [0.5, 0.6) is 0 Å². The summed E-state index contributed by atoms with van der Waals surface area (Å²) < 4.78 is 2.20. The highest BCUT2D eigenvalue weighted by Crippen LogP contribution is 2.32. The van der Waals surface area contributed by atoms with Crippen LogP contribution in [0.4, 0.5) is 5.69 Å². The standard InChI is InChI=1S/C24H21Cl2N3OS/c1-4-16-5-8-19(9-6-16)29-14(2)11-17(15(29)3)12-22-23(30)28-24(31-22)27-18-7-10-20(25)21(26)13-18/h5-13H,4H2,1-3H3,(H,27,28,30)/b22-12-. The van der Waals surface area contributed by atoms with Gasteiger partial charge in [0.05, 0.1) is 20.6 Å². The number of carbonyl (C=O) groups is 1. The van der Waals surface area contributed by atoms with Crippen LogP contribution in [0.15, 0.2) is 58.4 Å². The molecule has 4 rings (SSSR count). The Labute approximate surface area is 196 Å². The smallest absolute Gasteiger partial charge is 0.264 e. The number of nitrogens with zero attached hydrogens (tertiary/aromatic N) is 2. The molecule has 1 aliphatic heterocycles. The fourth-order valence-electron chi connectivity index (χ4n) is 3.51. The Morgan fingerprint density at radius 2 is 1.81 bits per heavy atom. The molecule has 1 N–H and O–H groups in total. The lowest BCUT2D eigenvalue weighted by Gasteiger charge is -2.10. The molecule has 1 aromatic heterocycles. The first-order chi connectivity index (χ1) is 14.9. The molecule has 0 bridgehead atoms. The Balaban J connectivity index is 1.62. The summed E-state index contributed by atoms with van der Waals surface area (Å²) in [6.45, 7) is 6.28. The van der Waals surface area contributed by atoms with Gasteiger partial charge >= 0.3 is 0 Å². The van der Waals surface area contributed by atoms with Crippen LogP contribution < -0.4 is 5.32 Å². The van der Waals surface area contributed by atoms with Crippen molar-refractivity contribution in [3.8, 4) is 5.69 Å². The molecule has 0 unspecified atom stereocenters. The van der Waals surface area contributed by atoms with Gasteiger partial charge in [-0.15, -0.1) is 0 Å². The second-order valence-electron chi connectivity index (χ2n) is 7.26. The molecule has 1 fully saturated rings. The van der Waals surface area contributed by atoms with Crippen molar-refractivity contribution in [3.05, 3.63) is 86.0 Å². The van der Waals surface area contributed by atoms with Crippen LogP contribution in [0.25, 0.3) is 11.8 Å². The zero-order valence-electron chi connectivity index (χ0n) is 17.4. The molecule has 4 nitrogen and oxygen atoms in total. The molecule has 3 aromatic rings. The number of hydrogen-bond acceptors (Lipinski definition) is 3. The third-order valence-electron chi connectivity index (χ3n) is 5.14. The van der Waals surface area contributed by atoms with Crippen molar-refractivity contribution in [2.75, 3.05) is 0 Å². The zero-order valence-corrected chi connectivity index (χ0v) is 19.7. The molecule has 7 heteroatoms. The lowest BCUT2D eigenvalue weighted by molar-refractivity contribution is -0.115. The highest BCUT2D eigenvalue weighted by atomic mass is 35.5. The molecule has 0 atom stereocenters. The molecule has 2 aromatic carbocycles. The molecule has 0 saturated carbocycles. The van der Waals surface area contributed by atoms with Crippen LogP contribution in [-0.2, 0) is 11.2 Å². The summed E-state index contributed by atoms with van der Waals surface area (Å²) in [6.07, 6.45) is 2.93. The second kappa shape index (κ2) is 8.95. The minimum atomic E-state index is -0.166. The minimum absolute atomic E-state index is 0.166. The molecule has 1 aliphatic rings. The van der Waals surface area contributed by atoms with Crippen molar-refractivity contribution in [3.63, 3.8) is 0 Å². The van der Waals surface area contributed by atoms with Crippen LogP contribution in [-0.4, -0.2) is 15.6 Å². The summed E-state index contributed by atoms with van der Waals surface area (Å²) in [7, 11) is 0. The molecule has 1 amide bonds. The number of benzene rings is 2. The fourth-order valence-corrected chi connectivity index (χ4v) is 4.63. The van der Waals surface area contributed by atoms with Gasteiger partial charge in [0.25, 0.3) is 5.91 Å². The van der Waals surface area contributed by atoms with Gasteiger partial charge in [0, 0.05) is 17.1 Å². The van der Waals surface area contributed by atoms with E-state index >= 15 is 0 Å². The van der Waals surface area contributed by atoms with E-state index in [1.807, 2.05) is 6.08 Å². The Hall–Kier alpha value is -2.47. The molecule has 1 saturated heterocycles. The highest BCUT2D eigenvalue weighted by Gasteiger charge is 2.24. The van der Waals surface area contributed by atoms with Crippen LogP contribution in [0, 0.1) is 13.8 Å². The minimum Gasteiger partial charge on any atom is -0.318 e. The van der Waals surface area contributed by atoms with Gasteiger partial charge in [0.15, 0.2) is 5.17 Å². The molecule has 0 radical (unpaired) electrons. The quantitative estimate of drug-likeness (QED) is 0.424. The zero-order chi connectivity index (χ0) is 22.1. The summed E-state index contributed by atoms with van der Waals surface area (Å²) in [4.78, 5) is 17.6. The van der Waals surface area contributed by atoms with Crippen LogP contribution >= 0.6 is 35.0 Å². The molecule has 31 heavy (non-hydrogen) atoms. The number of halogens is 2. The second-order valence-corrected chi connectivity index (χ2v) is 9.11. The number of rotatable bonds is 4. The third kappa shape index (κ3) is 4.59. The van der Waals surface area contributed by atoms with Crippen molar-refractivity contribution in [1.29, 1.82) is 0 Å². The van der Waals surface area contributed by atoms with E-state index in [0.717, 1.165) is 29.1 Å². The number of nitrogens with one attached hydrogen (secondary N) is 1. The first-order valence-electron chi connectivity index (χ1n) is 9.88. The van der Waals surface area contributed by atoms with Gasteiger partial charge in [-0.05, 0) is 85.6 Å². The largest absolute Gasteiger partial charge is 0.318 e. The molecular formula is C24H21Cl2N3OS. The molecule has 0 aliphatic carbocycles. The van der Waals surface area contributed by atoms with E-state index in [2.05, 4.69) is 66.0 Å². The molecule has 2 heterocycles. The van der Waals surface area contributed by atoms with Crippen molar-refractivity contribution in [2.24, 2.45) is 4.99 Å². The van der Waals surface area contributed by atoms with Crippen molar-refractivity contribution in [2.45, 2.75) is 27.2 Å². The normalized spacial score (nSPS) is 16.4. The number of amides is 1. The molecule has 158 valence electrons. The summed E-state index contributed by atoms with van der Waals surface area (Å²) in [5.74, 6) is -0.166.